The molecular weight excluding hydrogens is 468 g/mol. The molecule has 0 radical (unpaired) electrons. The van der Waals surface area contributed by atoms with Crippen LogP contribution in [-0.2, 0) is 0 Å². The molecule has 33 heavy (non-hydrogen) atoms. The highest BCUT2D eigenvalue weighted by atomic mass is 35.5. The number of anilines is 2. The van der Waals surface area contributed by atoms with Crippen molar-refractivity contribution >= 4 is 63.7 Å². The highest BCUT2D eigenvalue weighted by Crippen LogP contribution is 2.33. The molecule has 4 rings (SSSR count). The molecule has 2 N–H and O–H groups in total. The summed E-state index contributed by atoms with van der Waals surface area (Å²) in [6.45, 7) is 0. The monoisotopic (exact) mass is 480 g/mol. The van der Waals surface area contributed by atoms with E-state index in [0.29, 0.717) is 16.8 Å². The normalized spacial score (nSPS) is 12.3. The van der Waals surface area contributed by atoms with Crippen LogP contribution in [0.15, 0.2) is 66.7 Å². The number of imide groups is 1. The smallest absolute Gasteiger partial charge is 0.282 e. The second-order valence-corrected chi connectivity index (χ2v) is 7.65. The fourth-order valence-electron chi connectivity index (χ4n) is 3.32. The van der Waals surface area contributed by atoms with Gasteiger partial charge < -0.3 is 5.32 Å². The number of benzene rings is 3. The first-order valence-corrected chi connectivity index (χ1v) is 10.2. The molecule has 0 fully saturated rings. The molecule has 0 aromatic heterocycles. The van der Waals surface area contributed by atoms with Gasteiger partial charge in [0.25, 0.3) is 23.4 Å². The molecule has 3 amide bonds. The Bertz CT molecular complexity index is 1330. The third kappa shape index (κ3) is 4.16. The van der Waals surface area contributed by atoms with Gasteiger partial charge >= 0.3 is 0 Å². The van der Waals surface area contributed by atoms with Crippen molar-refractivity contribution in [3.05, 3.63) is 98.6 Å². The van der Waals surface area contributed by atoms with Crippen molar-refractivity contribution in [3.8, 4) is 0 Å². The van der Waals surface area contributed by atoms with E-state index in [0.717, 1.165) is 4.90 Å². The van der Waals surface area contributed by atoms with Crippen LogP contribution in [0.3, 0.4) is 0 Å². The van der Waals surface area contributed by atoms with Crippen LogP contribution in [0.4, 0.5) is 17.1 Å². The summed E-state index contributed by atoms with van der Waals surface area (Å²) in [6.07, 6.45) is 0. The average Bonchev–Trinajstić information content (AvgIpc) is 3.05. The number of fused-ring (bicyclic) bond motifs is 1. The molecule has 0 bridgehead atoms. The highest BCUT2D eigenvalue weighted by molar-refractivity contribution is 7.80. The van der Waals surface area contributed by atoms with E-state index in [1.54, 1.807) is 24.3 Å². The Morgan fingerprint density at radius 2 is 1.58 bits per heavy atom. The second-order valence-electron chi connectivity index (χ2n) is 6.84. The van der Waals surface area contributed by atoms with Crippen LogP contribution in [0.1, 0.15) is 31.1 Å². The van der Waals surface area contributed by atoms with E-state index in [1.807, 2.05) is 0 Å². The summed E-state index contributed by atoms with van der Waals surface area (Å²) in [4.78, 5) is 49.2. The minimum atomic E-state index is -0.765. The lowest BCUT2D eigenvalue weighted by Gasteiger charge is -2.16. The number of nitrogens with zero attached hydrogens (tertiary/aromatic N) is 2. The number of amides is 3. The van der Waals surface area contributed by atoms with Gasteiger partial charge in [-0.05, 0) is 48.6 Å². The molecule has 0 unspecified atom stereocenters. The molecule has 0 saturated carbocycles. The third-order valence-electron chi connectivity index (χ3n) is 4.83. The van der Waals surface area contributed by atoms with Crippen LogP contribution in [0.5, 0.6) is 0 Å². The van der Waals surface area contributed by atoms with Crippen molar-refractivity contribution in [1.29, 1.82) is 0 Å². The van der Waals surface area contributed by atoms with Crippen LogP contribution in [0.2, 0.25) is 5.02 Å². The average molecular weight is 481 g/mol. The molecule has 0 spiro atoms. The summed E-state index contributed by atoms with van der Waals surface area (Å²) in [5.41, 5.74) is 0.663. The van der Waals surface area contributed by atoms with Crippen molar-refractivity contribution < 1.29 is 19.3 Å². The molecule has 164 valence electrons. The van der Waals surface area contributed by atoms with Crippen LogP contribution in [-0.4, -0.2) is 27.8 Å². The predicted octanol–water partition coefficient (Wildman–Crippen LogP) is 4.18. The van der Waals surface area contributed by atoms with Gasteiger partial charge in [-0.1, -0.05) is 35.9 Å². The first-order chi connectivity index (χ1) is 15.8. The van der Waals surface area contributed by atoms with Crippen LogP contribution in [0, 0.1) is 10.1 Å². The maximum Gasteiger partial charge on any atom is 0.282 e. The van der Waals surface area contributed by atoms with Gasteiger partial charge in [-0.2, -0.15) is 0 Å². The summed E-state index contributed by atoms with van der Waals surface area (Å²) >= 11 is 11.4. The largest absolute Gasteiger partial charge is 0.331 e. The summed E-state index contributed by atoms with van der Waals surface area (Å²) in [7, 11) is 0. The third-order valence-corrected chi connectivity index (χ3v) is 5.34. The standard InChI is InChI=1S/C22H13ClN4O5S/c23-16-11-12(26-20(29)13-5-1-2-6-14(13)21(26)30)9-10-17(16)24-22(33)25-19(28)15-7-3-4-8-18(15)27(31)32/h1-11H,(H2,24,25,28,33). The van der Waals surface area contributed by atoms with Gasteiger partial charge in [0.15, 0.2) is 5.11 Å². The Balaban J connectivity index is 1.49. The Hall–Kier alpha value is -4.15. The number of hydrogen-bond acceptors (Lipinski definition) is 6. The first kappa shape index (κ1) is 22.1. The maximum absolute atomic E-state index is 12.6. The number of para-hydroxylation sites is 1. The van der Waals surface area contributed by atoms with Gasteiger partial charge in [-0.3, -0.25) is 29.8 Å². The minimum absolute atomic E-state index is 0.131. The van der Waals surface area contributed by atoms with E-state index in [-0.39, 0.29) is 27.1 Å². The molecule has 1 aliphatic heterocycles. The zero-order valence-electron chi connectivity index (χ0n) is 16.6. The lowest BCUT2D eigenvalue weighted by molar-refractivity contribution is -0.385. The molecule has 1 heterocycles. The van der Waals surface area contributed by atoms with Gasteiger partial charge in [0.2, 0.25) is 0 Å². The lowest BCUT2D eigenvalue weighted by Crippen LogP contribution is -2.34. The van der Waals surface area contributed by atoms with E-state index in [4.69, 9.17) is 23.8 Å². The fraction of sp³-hybridized carbons (Fsp3) is 0. The zero-order chi connectivity index (χ0) is 23.7. The topological polar surface area (TPSA) is 122 Å². The van der Waals surface area contributed by atoms with Gasteiger partial charge in [0.1, 0.15) is 5.56 Å². The maximum atomic E-state index is 12.6. The Kier molecular flexibility index (Phi) is 5.86. The zero-order valence-corrected chi connectivity index (χ0v) is 18.1. The van der Waals surface area contributed by atoms with E-state index < -0.39 is 22.6 Å². The minimum Gasteiger partial charge on any atom is -0.331 e. The first-order valence-electron chi connectivity index (χ1n) is 9.41. The van der Waals surface area contributed by atoms with Crippen molar-refractivity contribution in [3.63, 3.8) is 0 Å². The molecule has 0 atom stereocenters. The molecule has 3 aromatic rings. The van der Waals surface area contributed by atoms with Gasteiger partial charge in [-0.25, -0.2) is 4.90 Å². The SMILES string of the molecule is O=C(NC(=S)Nc1ccc(N2C(=O)c3ccccc3C2=O)cc1Cl)c1ccccc1[N+](=O)[O-]. The number of nitro groups is 1. The highest BCUT2D eigenvalue weighted by Gasteiger charge is 2.36. The van der Waals surface area contributed by atoms with Crippen molar-refractivity contribution in [2.24, 2.45) is 0 Å². The summed E-state index contributed by atoms with van der Waals surface area (Å²) in [5.74, 6) is -1.68. The van der Waals surface area contributed by atoms with E-state index in [9.17, 15) is 24.5 Å². The van der Waals surface area contributed by atoms with Crippen LogP contribution >= 0.6 is 23.8 Å². The molecule has 3 aromatic carbocycles. The van der Waals surface area contributed by atoms with Crippen molar-refractivity contribution in [2.45, 2.75) is 0 Å². The Morgan fingerprint density at radius 1 is 0.970 bits per heavy atom. The number of carbonyl (C=O) groups excluding carboxylic acids is 3. The Labute approximate surface area is 197 Å². The number of carbonyl (C=O) groups is 3. The van der Waals surface area contributed by atoms with E-state index in [2.05, 4.69) is 10.6 Å². The van der Waals surface area contributed by atoms with E-state index >= 15 is 0 Å². The molecule has 1 aliphatic rings. The van der Waals surface area contributed by atoms with E-state index in [1.165, 1.54) is 42.5 Å². The van der Waals surface area contributed by atoms with Gasteiger partial charge in [-0.15, -0.1) is 0 Å². The quantitative estimate of drug-likeness (QED) is 0.248. The number of nitrogens with one attached hydrogen (secondary N) is 2. The van der Waals surface area contributed by atoms with Gasteiger partial charge in [0.05, 0.1) is 32.4 Å². The molecule has 0 saturated heterocycles. The number of rotatable bonds is 4. The lowest BCUT2D eigenvalue weighted by atomic mass is 10.1. The number of hydrogen-bond donors (Lipinski definition) is 2. The van der Waals surface area contributed by atoms with Crippen LogP contribution < -0.4 is 15.5 Å². The number of nitro benzene ring substituents is 1. The van der Waals surface area contributed by atoms with Crippen molar-refractivity contribution in [1.82, 2.24) is 5.32 Å². The van der Waals surface area contributed by atoms with Crippen LogP contribution in [0.25, 0.3) is 0 Å². The predicted molar refractivity (Wildman–Crippen MR) is 126 cm³/mol. The molecule has 9 nitrogen and oxygen atoms in total. The summed E-state index contributed by atoms with van der Waals surface area (Å²) < 4.78 is 0. The molecule has 11 heteroatoms. The fourth-order valence-corrected chi connectivity index (χ4v) is 3.74. The van der Waals surface area contributed by atoms with Crippen molar-refractivity contribution in [2.75, 3.05) is 10.2 Å². The summed E-state index contributed by atoms with van der Waals surface area (Å²) in [6, 6.07) is 16.4. The summed E-state index contributed by atoms with van der Waals surface area (Å²) in [5, 5.41) is 16.2. The van der Waals surface area contributed by atoms with Gasteiger partial charge in [0, 0.05) is 6.07 Å². The molecule has 0 aliphatic carbocycles. The number of thiocarbonyl (C=S) groups is 1. The Morgan fingerprint density at radius 3 is 2.18 bits per heavy atom. The molecular formula is C22H13ClN4O5S. The number of halogens is 1. The second kappa shape index (κ2) is 8.77.